The van der Waals surface area contributed by atoms with Crippen LogP contribution in [0.15, 0.2) is 53.4 Å². The monoisotopic (exact) mass is 349 g/mol. The van der Waals surface area contributed by atoms with Gasteiger partial charge >= 0.3 is 0 Å². The molecule has 0 saturated heterocycles. The molecular formula is C17H19NO3S2. The van der Waals surface area contributed by atoms with Crippen molar-refractivity contribution in [3.05, 3.63) is 59.7 Å². The molecule has 0 radical (unpaired) electrons. The van der Waals surface area contributed by atoms with Gasteiger partial charge in [-0.15, -0.1) is 11.8 Å². The Kier molecular flexibility index (Phi) is 5.85. The number of anilines is 1. The Morgan fingerprint density at radius 1 is 1.13 bits per heavy atom. The molecule has 6 heteroatoms. The maximum atomic E-state index is 12.0. The second-order valence-electron chi connectivity index (χ2n) is 5.27. The van der Waals surface area contributed by atoms with Crippen molar-refractivity contribution in [2.24, 2.45) is 0 Å². The van der Waals surface area contributed by atoms with Crippen LogP contribution in [-0.2, 0) is 20.4 Å². The predicted octanol–water partition coefficient (Wildman–Crippen LogP) is 3.27. The molecule has 0 aliphatic carbocycles. The molecule has 0 saturated carbocycles. The van der Waals surface area contributed by atoms with Crippen molar-refractivity contribution in [3.63, 3.8) is 0 Å². The average Bonchev–Trinajstić information content (AvgIpc) is 2.48. The summed E-state index contributed by atoms with van der Waals surface area (Å²) in [5.74, 6) is 0.940. The molecule has 2 rings (SSSR count). The minimum absolute atomic E-state index is 0.144. The molecular weight excluding hydrogens is 330 g/mol. The van der Waals surface area contributed by atoms with Gasteiger partial charge in [0.15, 0.2) is 9.84 Å². The molecule has 2 aromatic carbocycles. The number of carbonyl (C=O) groups is 1. The van der Waals surface area contributed by atoms with Gasteiger partial charge in [-0.3, -0.25) is 4.79 Å². The Morgan fingerprint density at radius 2 is 1.87 bits per heavy atom. The highest BCUT2D eigenvalue weighted by Crippen LogP contribution is 2.18. The molecule has 0 unspecified atom stereocenters. The van der Waals surface area contributed by atoms with Crippen molar-refractivity contribution < 1.29 is 13.2 Å². The van der Waals surface area contributed by atoms with Gasteiger partial charge in [0.05, 0.1) is 10.6 Å². The quantitative estimate of drug-likeness (QED) is 0.869. The summed E-state index contributed by atoms with van der Waals surface area (Å²) in [5, 5.41) is 2.73. The lowest BCUT2D eigenvalue weighted by atomic mass is 10.1. The van der Waals surface area contributed by atoms with Crippen molar-refractivity contribution in [2.75, 3.05) is 17.3 Å². The number of aryl methyl sites for hydroxylation is 1. The van der Waals surface area contributed by atoms with Gasteiger partial charge in [-0.1, -0.05) is 30.3 Å². The van der Waals surface area contributed by atoms with Gasteiger partial charge in [-0.25, -0.2) is 8.42 Å². The highest BCUT2D eigenvalue weighted by Gasteiger charge is 2.09. The number of hydrogen-bond acceptors (Lipinski definition) is 4. The van der Waals surface area contributed by atoms with Crippen molar-refractivity contribution >= 4 is 33.2 Å². The van der Waals surface area contributed by atoms with Crippen LogP contribution in [0.5, 0.6) is 0 Å². The van der Waals surface area contributed by atoms with E-state index in [1.807, 2.05) is 25.1 Å². The largest absolute Gasteiger partial charge is 0.325 e. The molecule has 23 heavy (non-hydrogen) atoms. The van der Waals surface area contributed by atoms with Crippen LogP contribution in [0.1, 0.15) is 11.1 Å². The summed E-state index contributed by atoms with van der Waals surface area (Å²) in [7, 11) is -3.28. The highest BCUT2D eigenvalue weighted by atomic mass is 32.2. The van der Waals surface area contributed by atoms with E-state index in [-0.39, 0.29) is 10.8 Å². The topological polar surface area (TPSA) is 63.2 Å². The zero-order valence-electron chi connectivity index (χ0n) is 13.1. The third-order valence-electron chi connectivity index (χ3n) is 3.30. The highest BCUT2D eigenvalue weighted by molar-refractivity contribution is 7.99. The van der Waals surface area contributed by atoms with E-state index in [2.05, 4.69) is 11.4 Å². The molecule has 0 aliphatic rings. The summed E-state index contributed by atoms with van der Waals surface area (Å²) in [6.07, 6.45) is 1.14. The number of carbonyl (C=O) groups excluding carboxylic acids is 1. The molecule has 0 heterocycles. The van der Waals surface area contributed by atoms with E-state index < -0.39 is 9.84 Å². The molecule has 0 atom stereocenters. The number of benzene rings is 2. The molecule has 122 valence electrons. The normalized spacial score (nSPS) is 11.2. The number of hydrogen-bond donors (Lipinski definition) is 1. The van der Waals surface area contributed by atoms with Crippen LogP contribution < -0.4 is 5.32 Å². The molecule has 0 aromatic heterocycles. The van der Waals surface area contributed by atoms with Crippen LogP contribution in [0.25, 0.3) is 0 Å². The first-order valence-electron chi connectivity index (χ1n) is 7.08. The summed E-state index contributed by atoms with van der Waals surface area (Å²) in [6, 6.07) is 14.4. The molecule has 2 aromatic rings. The van der Waals surface area contributed by atoms with Crippen LogP contribution in [0.2, 0.25) is 0 Å². The van der Waals surface area contributed by atoms with E-state index in [1.54, 1.807) is 12.1 Å². The van der Waals surface area contributed by atoms with E-state index in [0.29, 0.717) is 11.4 Å². The average molecular weight is 349 g/mol. The Balaban J connectivity index is 1.89. The smallest absolute Gasteiger partial charge is 0.234 e. The molecule has 1 amide bonds. The minimum Gasteiger partial charge on any atom is -0.325 e. The Hall–Kier alpha value is -1.79. The van der Waals surface area contributed by atoms with Crippen LogP contribution in [0, 0.1) is 6.92 Å². The zero-order valence-corrected chi connectivity index (χ0v) is 14.7. The second kappa shape index (κ2) is 7.66. The van der Waals surface area contributed by atoms with Gasteiger partial charge < -0.3 is 5.32 Å². The standard InChI is InChI=1S/C17H19NO3S2/c1-13-6-3-4-7-14(13)11-22-12-17(19)18-15-8-5-9-16(10-15)23(2,20)21/h3-10H,11-12H2,1-2H3,(H,18,19). The lowest BCUT2D eigenvalue weighted by molar-refractivity contribution is -0.113. The molecule has 0 bridgehead atoms. The summed E-state index contributed by atoms with van der Waals surface area (Å²) in [4.78, 5) is 12.2. The first kappa shape index (κ1) is 17.6. The van der Waals surface area contributed by atoms with E-state index in [9.17, 15) is 13.2 Å². The Bertz CT molecular complexity index is 801. The number of thioether (sulfide) groups is 1. The summed E-state index contributed by atoms with van der Waals surface area (Å²) in [6.45, 7) is 2.05. The Morgan fingerprint density at radius 3 is 2.57 bits per heavy atom. The number of rotatable bonds is 6. The fraction of sp³-hybridized carbons (Fsp3) is 0.235. The zero-order chi connectivity index (χ0) is 16.9. The van der Waals surface area contributed by atoms with Crippen molar-refractivity contribution in [1.29, 1.82) is 0 Å². The molecule has 0 fully saturated rings. The molecule has 0 spiro atoms. The van der Waals surface area contributed by atoms with E-state index in [4.69, 9.17) is 0 Å². The molecule has 4 nitrogen and oxygen atoms in total. The summed E-state index contributed by atoms with van der Waals surface area (Å²) < 4.78 is 23.0. The Labute approximate surface area is 141 Å². The van der Waals surface area contributed by atoms with Gasteiger partial charge in [0.2, 0.25) is 5.91 Å². The first-order chi connectivity index (χ1) is 10.9. The van der Waals surface area contributed by atoms with Gasteiger partial charge in [0.25, 0.3) is 0 Å². The third kappa shape index (κ3) is 5.41. The first-order valence-corrected chi connectivity index (χ1v) is 10.1. The van der Waals surface area contributed by atoms with Crippen molar-refractivity contribution in [1.82, 2.24) is 0 Å². The summed E-state index contributed by atoms with van der Waals surface area (Å²) >= 11 is 1.53. The van der Waals surface area contributed by atoms with Crippen LogP contribution in [0.3, 0.4) is 0 Å². The molecule has 1 N–H and O–H groups in total. The molecule has 0 aliphatic heterocycles. The van der Waals surface area contributed by atoms with Gasteiger partial charge in [-0.2, -0.15) is 0 Å². The minimum atomic E-state index is -3.28. The maximum Gasteiger partial charge on any atom is 0.234 e. The van der Waals surface area contributed by atoms with Crippen molar-refractivity contribution in [3.8, 4) is 0 Å². The fourth-order valence-electron chi connectivity index (χ4n) is 2.03. The van der Waals surface area contributed by atoms with Gasteiger partial charge in [0.1, 0.15) is 0 Å². The second-order valence-corrected chi connectivity index (χ2v) is 8.27. The van der Waals surface area contributed by atoms with Gasteiger partial charge in [0, 0.05) is 17.7 Å². The van der Waals surface area contributed by atoms with E-state index >= 15 is 0 Å². The lowest BCUT2D eigenvalue weighted by Crippen LogP contribution is -2.14. The lowest BCUT2D eigenvalue weighted by Gasteiger charge is -2.08. The van der Waals surface area contributed by atoms with Crippen molar-refractivity contribution in [2.45, 2.75) is 17.6 Å². The van der Waals surface area contributed by atoms with E-state index in [0.717, 1.165) is 12.0 Å². The fourth-order valence-corrected chi connectivity index (χ4v) is 3.60. The van der Waals surface area contributed by atoms with Gasteiger partial charge in [-0.05, 0) is 36.2 Å². The maximum absolute atomic E-state index is 12.0. The third-order valence-corrected chi connectivity index (χ3v) is 5.39. The summed E-state index contributed by atoms with van der Waals surface area (Å²) in [5.41, 5.74) is 2.92. The SMILES string of the molecule is Cc1ccccc1CSCC(=O)Nc1cccc(S(C)(=O)=O)c1. The number of sulfone groups is 1. The van der Waals surface area contributed by atoms with Crippen LogP contribution in [-0.4, -0.2) is 26.3 Å². The predicted molar refractivity (Wildman–Crippen MR) is 95.5 cm³/mol. The van der Waals surface area contributed by atoms with Crippen LogP contribution in [0.4, 0.5) is 5.69 Å². The number of nitrogens with one attached hydrogen (secondary N) is 1. The van der Waals surface area contributed by atoms with Crippen LogP contribution >= 0.6 is 11.8 Å². The number of amides is 1. The van der Waals surface area contributed by atoms with E-state index in [1.165, 1.54) is 35.0 Å².